The Morgan fingerprint density at radius 2 is 1.95 bits per heavy atom. The summed E-state index contributed by atoms with van der Waals surface area (Å²) in [6.45, 7) is -0.112. The number of aliphatic carboxylic acids is 1. The topological polar surface area (TPSA) is 95.9 Å². The Balaban J connectivity index is 1.76. The van der Waals surface area contributed by atoms with Crippen molar-refractivity contribution in [3.63, 3.8) is 0 Å². The van der Waals surface area contributed by atoms with Gasteiger partial charge in [-0.1, -0.05) is 12.1 Å². The van der Waals surface area contributed by atoms with Crippen molar-refractivity contribution in [2.75, 3.05) is 5.32 Å². The maximum Gasteiger partial charge on any atom is 0.310 e. The van der Waals surface area contributed by atoms with Gasteiger partial charge in [-0.15, -0.1) is 0 Å². The van der Waals surface area contributed by atoms with Gasteiger partial charge in [0.05, 0.1) is 30.7 Å². The maximum absolute atomic E-state index is 12.4. The average Bonchev–Trinajstić information content (AvgIpc) is 3.07. The van der Waals surface area contributed by atoms with Gasteiger partial charge in [0.15, 0.2) is 0 Å². The molecule has 0 spiro atoms. The number of anilines is 1. The van der Waals surface area contributed by atoms with Crippen LogP contribution in [0, 0.1) is 11.8 Å². The number of benzene rings is 1. The summed E-state index contributed by atoms with van der Waals surface area (Å²) >= 11 is 0. The number of rotatable bonds is 4. The standard InChI is InChI=1S/C15H17NO5/c17-7-8-2-1-3-9(6-8)16-14(18)12-10-4-5-11(21-10)13(12)15(19)20/h1-3,6,10-13,17H,4-5,7H2,(H,16,18)(H,19,20)/t10-,11+,12?,13?/m0/s1. The number of carboxylic acids is 1. The molecule has 2 fully saturated rings. The first-order valence-corrected chi connectivity index (χ1v) is 6.99. The first kappa shape index (κ1) is 14.0. The number of fused-ring (bicyclic) bond motifs is 2. The van der Waals surface area contributed by atoms with Crippen LogP contribution in [0.2, 0.25) is 0 Å². The van der Waals surface area contributed by atoms with Crippen LogP contribution in [0.1, 0.15) is 18.4 Å². The average molecular weight is 291 g/mol. The Kier molecular flexibility index (Phi) is 3.65. The zero-order valence-corrected chi connectivity index (χ0v) is 11.4. The molecule has 2 heterocycles. The lowest BCUT2D eigenvalue weighted by Crippen LogP contribution is -2.40. The highest BCUT2D eigenvalue weighted by molar-refractivity contribution is 5.96. The molecule has 1 aromatic carbocycles. The molecule has 3 N–H and O–H groups in total. The van der Waals surface area contributed by atoms with E-state index in [1.807, 2.05) is 0 Å². The van der Waals surface area contributed by atoms with E-state index in [-0.39, 0.29) is 24.7 Å². The molecule has 2 unspecified atom stereocenters. The molecule has 2 bridgehead atoms. The minimum atomic E-state index is -0.980. The van der Waals surface area contributed by atoms with Crippen LogP contribution >= 0.6 is 0 Å². The van der Waals surface area contributed by atoms with Gasteiger partial charge in [0.25, 0.3) is 0 Å². The highest BCUT2D eigenvalue weighted by atomic mass is 16.5. The van der Waals surface area contributed by atoms with Gasteiger partial charge in [-0.05, 0) is 30.5 Å². The highest BCUT2D eigenvalue weighted by Crippen LogP contribution is 2.44. The fourth-order valence-corrected chi connectivity index (χ4v) is 3.30. The number of hydrogen-bond donors (Lipinski definition) is 3. The fourth-order valence-electron chi connectivity index (χ4n) is 3.30. The Morgan fingerprint density at radius 1 is 1.24 bits per heavy atom. The van der Waals surface area contributed by atoms with Crippen LogP contribution < -0.4 is 5.32 Å². The molecule has 0 aromatic heterocycles. The molecule has 2 aliphatic rings. The number of aliphatic hydroxyl groups excluding tert-OH is 1. The van der Waals surface area contributed by atoms with E-state index in [9.17, 15) is 14.7 Å². The second-order valence-corrected chi connectivity index (χ2v) is 5.53. The molecule has 1 amide bonds. The summed E-state index contributed by atoms with van der Waals surface area (Å²) in [5.41, 5.74) is 1.24. The van der Waals surface area contributed by atoms with Crippen LogP contribution in [0.25, 0.3) is 0 Å². The third-order valence-corrected chi connectivity index (χ3v) is 4.24. The van der Waals surface area contributed by atoms with E-state index in [1.165, 1.54) is 0 Å². The summed E-state index contributed by atoms with van der Waals surface area (Å²) in [6, 6.07) is 6.85. The monoisotopic (exact) mass is 291 g/mol. The van der Waals surface area contributed by atoms with Crippen molar-refractivity contribution in [1.29, 1.82) is 0 Å². The van der Waals surface area contributed by atoms with Gasteiger partial charge >= 0.3 is 5.97 Å². The third-order valence-electron chi connectivity index (χ3n) is 4.24. The number of nitrogens with one attached hydrogen (secondary N) is 1. The van der Waals surface area contributed by atoms with Crippen molar-refractivity contribution >= 4 is 17.6 Å². The van der Waals surface area contributed by atoms with E-state index in [0.717, 1.165) is 6.42 Å². The van der Waals surface area contributed by atoms with Gasteiger partial charge in [0.2, 0.25) is 5.91 Å². The Hall–Kier alpha value is -1.92. The third kappa shape index (κ3) is 2.52. The predicted octanol–water partition coefficient (Wildman–Crippen LogP) is 0.996. The first-order chi connectivity index (χ1) is 10.1. The van der Waals surface area contributed by atoms with Gasteiger partial charge in [-0.25, -0.2) is 0 Å². The number of ether oxygens (including phenoxy) is 1. The molecule has 6 nitrogen and oxygen atoms in total. The molecule has 3 rings (SSSR count). The number of amides is 1. The van der Waals surface area contributed by atoms with E-state index in [4.69, 9.17) is 9.84 Å². The zero-order chi connectivity index (χ0) is 15.0. The summed E-state index contributed by atoms with van der Waals surface area (Å²) in [4.78, 5) is 23.8. The fraction of sp³-hybridized carbons (Fsp3) is 0.467. The van der Waals surface area contributed by atoms with Crippen molar-refractivity contribution in [3.8, 4) is 0 Å². The van der Waals surface area contributed by atoms with Gasteiger partial charge in [-0.3, -0.25) is 9.59 Å². The van der Waals surface area contributed by atoms with Crippen LogP contribution in [0.15, 0.2) is 24.3 Å². The molecule has 1 aromatic rings. The summed E-state index contributed by atoms with van der Waals surface area (Å²) < 4.78 is 5.58. The maximum atomic E-state index is 12.4. The Labute approximate surface area is 121 Å². The zero-order valence-electron chi connectivity index (χ0n) is 11.4. The summed E-state index contributed by atoms with van der Waals surface area (Å²) in [7, 11) is 0. The molecule has 21 heavy (non-hydrogen) atoms. The molecule has 0 radical (unpaired) electrons. The van der Waals surface area contributed by atoms with Gasteiger partial charge in [0.1, 0.15) is 0 Å². The van der Waals surface area contributed by atoms with Crippen molar-refractivity contribution in [1.82, 2.24) is 0 Å². The number of carboxylic acid groups (broad SMARTS) is 1. The van der Waals surface area contributed by atoms with Crippen LogP contribution in [-0.4, -0.2) is 34.3 Å². The Bertz CT molecular complexity index is 573. The molecular weight excluding hydrogens is 274 g/mol. The van der Waals surface area contributed by atoms with Crippen LogP contribution in [-0.2, 0) is 20.9 Å². The lowest BCUT2D eigenvalue weighted by atomic mass is 9.78. The molecule has 0 saturated carbocycles. The second-order valence-electron chi connectivity index (χ2n) is 5.53. The van der Waals surface area contributed by atoms with E-state index >= 15 is 0 Å². The largest absolute Gasteiger partial charge is 0.481 e. The highest BCUT2D eigenvalue weighted by Gasteiger charge is 2.55. The molecule has 6 heteroatoms. The number of carbonyl (C=O) groups is 2. The van der Waals surface area contributed by atoms with Gasteiger partial charge in [0, 0.05) is 5.69 Å². The van der Waals surface area contributed by atoms with E-state index < -0.39 is 17.8 Å². The lowest BCUT2D eigenvalue weighted by Gasteiger charge is -2.23. The minimum Gasteiger partial charge on any atom is -0.481 e. The van der Waals surface area contributed by atoms with Crippen LogP contribution in [0.5, 0.6) is 0 Å². The van der Waals surface area contributed by atoms with Gasteiger partial charge in [-0.2, -0.15) is 0 Å². The SMILES string of the molecule is O=C(Nc1cccc(CO)c1)C1C(C(=O)O)[C@H]2CC[C@@H]1O2. The molecule has 112 valence electrons. The van der Waals surface area contributed by atoms with Crippen molar-refractivity contribution in [2.24, 2.45) is 11.8 Å². The van der Waals surface area contributed by atoms with Crippen molar-refractivity contribution in [3.05, 3.63) is 29.8 Å². The molecular formula is C15H17NO5. The smallest absolute Gasteiger partial charge is 0.310 e. The molecule has 2 saturated heterocycles. The molecule has 4 atom stereocenters. The van der Waals surface area contributed by atoms with E-state index in [2.05, 4.69) is 5.32 Å². The summed E-state index contributed by atoms with van der Waals surface area (Å²) in [5, 5.41) is 21.1. The van der Waals surface area contributed by atoms with Crippen molar-refractivity contribution in [2.45, 2.75) is 31.7 Å². The normalized spacial score (nSPS) is 30.3. The van der Waals surface area contributed by atoms with Crippen molar-refractivity contribution < 1.29 is 24.5 Å². The van der Waals surface area contributed by atoms with Crippen LogP contribution in [0.4, 0.5) is 5.69 Å². The molecule has 2 aliphatic heterocycles. The van der Waals surface area contributed by atoms with E-state index in [0.29, 0.717) is 17.7 Å². The van der Waals surface area contributed by atoms with Gasteiger partial charge < -0.3 is 20.3 Å². The quantitative estimate of drug-likeness (QED) is 0.769. The predicted molar refractivity (Wildman–Crippen MR) is 73.5 cm³/mol. The molecule has 0 aliphatic carbocycles. The number of aliphatic hydroxyl groups is 1. The second kappa shape index (κ2) is 5.46. The summed E-state index contributed by atoms with van der Waals surface area (Å²) in [5.74, 6) is -2.74. The first-order valence-electron chi connectivity index (χ1n) is 6.99. The number of carbonyl (C=O) groups excluding carboxylic acids is 1. The number of hydrogen-bond acceptors (Lipinski definition) is 4. The summed E-state index contributed by atoms with van der Waals surface area (Å²) in [6.07, 6.45) is 0.762. The van der Waals surface area contributed by atoms with E-state index in [1.54, 1.807) is 24.3 Å². The lowest BCUT2D eigenvalue weighted by molar-refractivity contribution is -0.147. The minimum absolute atomic E-state index is 0.112. The van der Waals surface area contributed by atoms with Crippen LogP contribution in [0.3, 0.4) is 0 Å². The Morgan fingerprint density at radius 3 is 2.62 bits per heavy atom.